The van der Waals surface area contributed by atoms with Crippen LogP contribution in [0.4, 0.5) is 4.79 Å². The highest BCUT2D eigenvalue weighted by atomic mass is 16.7. The highest BCUT2D eigenvalue weighted by Crippen LogP contribution is 2.43. The molecule has 5 aromatic rings. The monoisotopic (exact) mass is 657 g/mol. The van der Waals surface area contributed by atoms with Gasteiger partial charge in [0, 0.05) is 37.2 Å². The predicted octanol–water partition coefficient (Wildman–Crippen LogP) is 8.30. The Morgan fingerprint density at radius 3 is 2.29 bits per heavy atom. The molecule has 254 valence electrons. The predicted molar refractivity (Wildman–Crippen MR) is 196 cm³/mol. The molecule has 49 heavy (non-hydrogen) atoms. The fourth-order valence-electron chi connectivity index (χ4n) is 6.62. The van der Waals surface area contributed by atoms with Crippen LogP contribution in [0.25, 0.3) is 21.9 Å². The van der Waals surface area contributed by atoms with Crippen LogP contribution in [0.2, 0.25) is 0 Å². The van der Waals surface area contributed by atoms with Gasteiger partial charge in [-0.05, 0) is 83.2 Å². The van der Waals surface area contributed by atoms with Crippen LogP contribution in [0.5, 0.6) is 0 Å². The molecule has 2 amide bonds. The summed E-state index contributed by atoms with van der Waals surface area (Å²) in [4.78, 5) is 14.3. The van der Waals surface area contributed by atoms with Gasteiger partial charge in [-0.3, -0.25) is 4.90 Å². The van der Waals surface area contributed by atoms with Gasteiger partial charge in [-0.15, -0.1) is 0 Å². The number of nitrogens with one attached hydrogen (secondary N) is 2. The normalized spacial score (nSPS) is 19.9. The average molecular weight is 658 g/mol. The van der Waals surface area contributed by atoms with Crippen molar-refractivity contribution >= 4 is 16.8 Å². The molecule has 0 aliphatic carbocycles. The van der Waals surface area contributed by atoms with Gasteiger partial charge < -0.3 is 25.2 Å². The molecule has 0 bridgehead atoms. The molecule has 0 unspecified atom stereocenters. The lowest BCUT2D eigenvalue weighted by Gasteiger charge is -2.43. The molecule has 3 N–H and O–H groups in total. The maximum Gasteiger partial charge on any atom is 0.315 e. The van der Waals surface area contributed by atoms with E-state index in [4.69, 9.17) is 9.47 Å². The first-order valence-electron chi connectivity index (χ1n) is 17.2. The standard InChI is InChI=1S/C42H47N3O4/c1-5-43-42(47)44-25-31-10-8-13-35(22-31)37-14-9-15-38(24-37)41-48-39(28(2)40(49-41)33-18-16-30(27-46)17-19-33)26-45(4)29(3)34-21-20-32-11-6-7-12-36(32)23-34/h6-24,28-29,39-41,46H,5,25-27H2,1-4H3,(H2,43,44,47)/t28-,29-,39+,40+,41+/m1/s1. The van der Waals surface area contributed by atoms with E-state index in [9.17, 15) is 9.90 Å². The van der Waals surface area contributed by atoms with E-state index >= 15 is 0 Å². The summed E-state index contributed by atoms with van der Waals surface area (Å²) in [5, 5.41) is 17.8. The van der Waals surface area contributed by atoms with Gasteiger partial charge >= 0.3 is 6.03 Å². The van der Waals surface area contributed by atoms with Crippen LogP contribution < -0.4 is 10.6 Å². The van der Waals surface area contributed by atoms with E-state index in [0.717, 1.165) is 39.9 Å². The Hall–Kier alpha value is -4.53. The number of hydrogen-bond donors (Lipinski definition) is 3. The molecule has 1 saturated heterocycles. The van der Waals surface area contributed by atoms with Crippen LogP contribution >= 0.6 is 0 Å². The first-order chi connectivity index (χ1) is 23.8. The fraction of sp³-hybridized carbons (Fsp3) is 0.310. The third kappa shape index (κ3) is 8.20. The Morgan fingerprint density at radius 1 is 0.796 bits per heavy atom. The summed E-state index contributed by atoms with van der Waals surface area (Å²) < 4.78 is 13.6. The number of aliphatic hydroxyl groups is 1. The number of carbonyl (C=O) groups is 1. The fourth-order valence-corrected chi connectivity index (χ4v) is 6.62. The van der Waals surface area contributed by atoms with Crippen LogP contribution in [-0.4, -0.2) is 42.3 Å². The number of likely N-dealkylation sites (N-methyl/N-ethyl adjacent to an activating group) is 1. The maximum atomic E-state index is 12.0. The SMILES string of the molecule is CCNC(=O)NCc1cccc(-c2cccc([C@H]3O[C@@H](CN(C)[C@H](C)c4ccc5ccccc5c4)[C@@H](C)[C@@H](c4ccc(CO)cc4)O3)c2)c1. The number of nitrogens with zero attached hydrogens (tertiary/aromatic N) is 1. The lowest BCUT2D eigenvalue weighted by Crippen LogP contribution is -2.44. The van der Waals surface area contributed by atoms with Crippen molar-refractivity contribution < 1.29 is 19.4 Å². The van der Waals surface area contributed by atoms with E-state index in [1.54, 1.807) is 0 Å². The number of fused-ring (bicyclic) bond motifs is 1. The van der Waals surface area contributed by atoms with E-state index in [1.165, 1.54) is 16.3 Å². The number of aliphatic hydroxyl groups excluding tert-OH is 1. The molecular weight excluding hydrogens is 610 g/mol. The number of ether oxygens (including phenoxy) is 2. The Kier molecular flexibility index (Phi) is 11.1. The number of benzene rings is 5. The number of hydrogen-bond acceptors (Lipinski definition) is 5. The minimum absolute atomic E-state index is 0.00314. The molecule has 5 atom stereocenters. The Balaban J connectivity index is 1.25. The lowest BCUT2D eigenvalue weighted by atomic mass is 9.89. The number of urea groups is 1. The van der Waals surface area contributed by atoms with E-state index in [1.807, 2.05) is 37.3 Å². The third-order valence-corrected chi connectivity index (χ3v) is 9.72. The van der Waals surface area contributed by atoms with Crippen molar-refractivity contribution in [2.45, 2.75) is 58.5 Å². The molecule has 0 aromatic heterocycles. The maximum absolute atomic E-state index is 12.0. The van der Waals surface area contributed by atoms with E-state index in [0.29, 0.717) is 13.1 Å². The van der Waals surface area contributed by atoms with E-state index in [2.05, 4.69) is 121 Å². The lowest BCUT2D eigenvalue weighted by molar-refractivity contribution is -0.276. The molecule has 5 aromatic carbocycles. The summed E-state index contributed by atoms with van der Waals surface area (Å²) in [7, 11) is 2.17. The van der Waals surface area contributed by atoms with Crippen molar-refractivity contribution in [2.75, 3.05) is 20.1 Å². The number of carbonyl (C=O) groups excluding carboxylic acids is 1. The molecule has 7 nitrogen and oxygen atoms in total. The summed E-state index contributed by atoms with van der Waals surface area (Å²) in [6.07, 6.45) is -0.884. The quantitative estimate of drug-likeness (QED) is 0.133. The smallest absolute Gasteiger partial charge is 0.315 e. The second-order valence-electron chi connectivity index (χ2n) is 13.1. The van der Waals surface area contributed by atoms with Crippen molar-refractivity contribution in [1.82, 2.24) is 15.5 Å². The molecule has 1 fully saturated rings. The van der Waals surface area contributed by atoms with Crippen molar-refractivity contribution in [3.8, 4) is 11.1 Å². The Morgan fingerprint density at radius 2 is 1.53 bits per heavy atom. The first kappa shape index (κ1) is 34.3. The molecule has 7 heteroatoms. The van der Waals surface area contributed by atoms with Crippen LogP contribution in [0.15, 0.2) is 115 Å². The van der Waals surface area contributed by atoms with Gasteiger partial charge in [0.25, 0.3) is 0 Å². The second kappa shape index (κ2) is 15.8. The molecule has 0 radical (unpaired) electrons. The highest BCUT2D eigenvalue weighted by Gasteiger charge is 2.39. The summed E-state index contributed by atoms with van der Waals surface area (Å²) in [5.41, 5.74) is 7.27. The summed E-state index contributed by atoms with van der Waals surface area (Å²) >= 11 is 0. The minimum Gasteiger partial charge on any atom is -0.392 e. The van der Waals surface area contributed by atoms with Gasteiger partial charge in [0.1, 0.15) is 0 Å². The van der Waals surface area contributed by atoms with Gasteiger partial charge in [-0.25, -0.2) is 4.79 Å². The van der Waals surface area contributed by atoms with E-state index in [-0.39, 0.29) is 36.8 Å². The minimum atomic E-state index is -0.573. The molecule has 1 aliphatic heterocycles. The zero-order valence-electron chi connectivity index (χ0n) is 28.8. The van der Waals surface area contributed by atoms with Crippen LogP contribution in [0.3, 0.4) is 0 Å². The molecular formula is C42H47N3O4. The van der Waals surface area contributed by atoms with Crippen LogP contribution in [0, 0.1) is 5.92 Å². The van der Waals surface area contributed by atoms with Crippen molar-refractivity contribution in [2.24, 2.45) is 5.92 Å². The van der Waals surface area contributed by atoms with Crippen molar-refractivity contribution in [3.05, 3.63) is 143 Å². The third-order valence-electron chi connectivity index (χ3n) is 9.72. The van der Waals surface area contributed by atoms with E-state index < -0.39 is 6.29 Å². The topological polar surface area (TPSA) is 83.1 Å². The molecule has 1 aliphatic rings. The van der Waals surface area contributed by atoms with Crippen LogP contribution in [-0.2, 0) is 22.6 Å². The largest absolute Gasteiger partial charge is 0.392 e. The second-order valence-corrected chi connectivity index (χ2v) is 13.1. The molecule has 1 heterocycles. The van der Waals surface area contributed by atoms with Crippen molar-refractivity contribution in [3.63, 3.8) is 0 Å². The van der Waals surface area contributed by atoms with Gasteiger partial charge in [-0.2, -0.15) is 0 Å². The summed E-state index contributed by atoms with van der Waals surface area (Å²) in [6, 6.07) is 39.8. The van der Waals surface area contributed by atoms with Gasteiger partial charge in [0.15, 0.2) is 6.29 Å². The highest BCUT2D eigenvalue weighted by molar-refractivity contribution is 5.83. The number of amides is 2. The Bertz CT molecular complexity index is 1860. The van der Waals surface area contributed by atoms with Crippen LogP contribution in [0.1, 0.15) is 67.0 Å². The Labute approximate surface area is 289 Å². The molecule has 0 spiro atoms. The summed E-state index contributed by atoms with van der Waals surface area (Å²) in [6.45, 7) is 8.10. The zero-order valence-corrected chi connectivity index (χ0v) is 28.8. The van der Waals surface area contributed by atoms with Crippen molar-refractivity contribution in [1.29, 1.82) is 0 Å². The number of rotatable bonds is 11. The van der Waals surface area contributed by atoms with Gasteiger partial charge in [0.2, 0.25) is 0 Å². The first-order valence-corrected chi connectivity index (χ1v) is 17.2. The van der Waals surface area contributed by atoms with Gasteiger partial charge in [-0.1, -0.05) is 104 Å². The van der Waals surface area contributed by atoms with Gasteiger partial charge in [0.05, 0.1) is 18.8 Å². The zero-order chi connectivity index (χ0) is 34.3. The molecule has 0 saturated carbocycles. The summed E-state index contributed by atoms with van der Waals surface area (Å²) in [5.74, 6) is 0.0692. The molecule has 6 rings (SSSR count). The average Bonchev–Trinajstić information content (AvgIpc) is 3.14.